The number of halogens is 1. The lowest BCUT2D eigenvalue weighted by atomic mass is 9.67. The normalized spacial score (nSPS) is 18.2. The molecule has 0 bridgehead atoms. The maximum absolute atomic E-state index is 9.13. The highest BCUT2D eigenvalue weighted by molar-refractivity contribution is 6.20. The lowest BCUT2D eigenvalue weighted by Crippen LogP contribution is -2.34. The van der Waals surface area contributed by atoms with E-state index in [1.807, 2.05) is 25.1 Å². The Morgan fingerprint density at radius 1 is 1.48 bits per heavy atom. The van der Waals surface area contributed by atoms with E-state index in [-0.39, 0.29) is 5.38 Å². The molecule has 1 atom stereocenters. The Hall–Kier alpha value is -1.53. The minimum Gasteiger partial charge on any atom is -0.326 e. The van der Waals surface area contributed by atoms with Crippen molar-refractivity contribution in [2.24, 2.45) is 5.41 Å². The van der Waals surface area contributed by atoms with Crippen molar-refractivity contribution in [3.63, 3.8) is 0 Å². The Balaban J connectivity index is 2.13. The van der Waals surface area contributed by atoms with Crippen molar-refractivity contribution in [2.45, 2.75) is 51.5 Å². The summed E-state index contributed by atoms with van der Waals surface area (Å²) >= 11 is 6.34. The number of benzene rings is 1. The van der Waals surface area contributed by atoms with Gasteiger partial charge in [-0.1, -0.05) is 13.3 Å². The highest BCUT2D eigenvalue weighted by Gasteiger charge is 2.36. The molecule has 1 aromatic carbocycles. The number of rotatable bonds is 4. The second-order valence-electron chi connectivity index (χ2n) is 6.19. The fraction of sp³-hybridized carbons (Fsp3) is 0.529. The third-order valence-corrected chi connectivity index (χ3v) is 5.12. The Labute approximate surface area is 130 Å². The van der Waals surface area contributed by atoms with Gasteiger partial charge < -0.3 is 4.57 Å². The Kier molecular flexibility index (Phi) is 3.67. The summed E-state index contributed by atoms with van der Waals surface area (Å²) in [5, 5.41) is 9.01. The van der Waals surface area contributed by atoms with Crippen molar-refractivity contribution in [2.75, 3.05) is 0 Å². The molecule has 1 heterocycles. The summed E-state index contributed by atoms with van der Waals surface area (Å²) in [5.74, 6) is 0.918. The minimum absolute atomic E-state index is 0.128. The first-order valence-corrected chi connectivity index (χ1v) is 8.06. The Morgan fingerprint density at radius 2 is 2.24 bits per heavy atom. The summed E-state index contributed by atoms with van der Waals surface area (Å²) in [6.07, 6.45) is 5.05. The topological polar surface area (TPSA) is 41.6 Å². The van der Waals surface area contributed by atoms with E-state index in [1.54, 1.807) is 0 Å². The van der Waals surface area contributed by atoms with Gasteiger partial charge in [-0.05, 0) is 49.8 Å². The number of hydrogen-bond donors (Lipinski definition) is 0. The molecule has 1 aliphatic rings. The Bertz CT molecular complexity index is 699. The molecular weight excluding hydrogens is 282 g/mol. The smallest absolute Gasteiger partial charge is 0.127 e. The van der Waals surface area contributed by atoms with Crippen LogP contribution in [-0.4, -0.2) is 9.55 Å². The summed E-state index contributed by atoms with van der Waals surface area (Å²) in [6, 6.07) is 7.90. The van der Waals surface area contributed by atoms with E-state index < -0.39 is 0 Å². The number of imidazole rings is 1. The van der Waals surface area contributed by atoms with Gasteiger partial charge in [-0.25, -0.2) is 4.98 Å². The molecule has 1 saturated carbocycles. The number of aromatic nitrogens is 2. The van der Waals surface area contributed by atoms with Gasteiger partial charge in [0.25, 0.3) is 0 Å². The lowest BCUT2D eigenvalue weighted by molar-refractivity contribution is 0.101. The summed E-state index contributed by atoms with van der Waals surface area (Å²) in [6.45, 7) is 5.19. The highest BCUT2D eigenvalue weighted by Crippen LogP contribution is 2.46. The minimum atomic E-state index is -0.128. The molecule has 0 aliphatic heterocycles. The zero-order valence-corrected chi connectivity index (χ0v) is 13.3. The SMILES string of the molecule is CCC1(Cn2c(C(C)Cl)nc3ccc(C#N)cc32)CCC1. The molecule has 0 amide bonds. The number of nitriles is 1. The number of alkyl halides is 1. The number of nitrogens with zero attached hydrogens (tertiary/aromatic N) is 3. The van der Waals surface area contributed by atoms with Gasteiger partial charge in [-0.2, -0.15) is 5.26 Å². The molecule has 0 N–H and O–H groups in total. The summed E-state index contributed by atoms with van der Waals surface area (Å²) in [7, 11) is 0. The van der Waals surface area contributed by atoms with Crippen LogP contribution in [0.25, 0.3) is 11.0 Å². The standard InChI is InChI=1S/C17H20ClN3/c1-3-17(7-4-8-17)11-21-15-9-13(10-19)5-6-14(15)20-16(21)12(2)18/h5-6,9,12H,3-4,7-8,11H2,1-2H3. The molecule has 4 heteroatoms. The first-order valence-electron chi connectivity index (χ1n) is 7.63. The fourth-order valence-corrected chi connectivity index (χ4v) is 3.48. The van der Waals surface area contributed by atoms with Crippen molar-refractivity contribution in [3.05, 3.63) is 29.6 Å². The van der Waals surface area contributed by atoms with Gasteiger partial charge in [0.1, 0.15) is 5.82 Å². The predicted octanol–water partition coefficient (Wildman–Crippen LogP) is 4.79. The van der Waals surface area contributed by atoms with Crippen molar-refractivity contribution < 1.29 is 0 Å². The second-order valence-corrected chi connectivity index (χ2v) is 6.85. The molecule has 1 aromatic heterocycles. The maximum atomic E-state index is 9.13. The van der Waals surface area contributed by atoms with Crippen molar-refractivity contribution >= 4 is 22.6 Å². The molecule has 1 aliphatic carbocycles. The second kappa shape index (κ2) is 5.35. The van der Waals surface area contributed by atoms with Crippen LogP contribution in [0, 0.1) is 16.7 Å². The van der Waals surface area contributed by atoms with Gasteiger partial charge in [0.2, 0.25) is 0 Å². The third kappa shape index (κ3) is 2.42. The van der Waals surface area contributed by atoms with E-state index in [9.17, 15) is 0 Å². The van der Waals surface area contributed by atoms with Gasteiger partial charge in [-0.3, -0.25) is 0 Å². The van der Waals surface area contributed by atoms with Gasteiger partial charge in [0, 0.05) is 6.54 Å². The highest BCUT2D eigenvalue weighted by atomic mass is 35.5. The van der Waals surface area contributed by atoms with Crippen LogP contribution in [0.5, 0.6) is 0 Å². The Morgan fingerprint density at radius 3 is 2.76 bits per heavy atom. The molecular formula is C17H20ClN3. The molecule has 3 nitrogen and oxygen atoms in total. The summed E-state index contributed by atoms with van der Waals surface area (Å²) in [5.41, 5.74) is 3.03. The number of hydrogen-bond acceptors (Lipinski definition) is 2. The fourth-order valence-electron chi connectivity index (χ4n) is 3.32. The molecule has 0 spiro atoms. The van der Waals surface area contributed by atoms with Crippen LogP contribution in [0.1, 0.15) is 56.3 Å². The first-order chi connectivity index (χ1) is 10.1. The monoisotopic (exact) mass is 301 g/mol. The van der Waals surface area contributed by atoms with Crippen LogP contribution in [0.3, 0.4) is 0 Å². The summed E-state index contributed by atoms with van der Waals surface area (Å²) in [4.78, 5) is 4.69. The van der Waals surface area contributed by atoms with E-state index in [4.69, 9.17) is 16.9 Å². The van der Waals surface area contributed by atoms with Crippen LogP contribution in [0.4, 0.5) is 0 Å². The molecule has 2 aromatic rings. The molecule has 0 radical (unpaired) electrons. The average molecular weight is 302 g/mol. The molecule has 3 rings (SSSR count). The van der Waals surface area contributed by atoms with Crippen LogP contribution < -0.4 is 0 Å². The van der Waals surface area contributed by atoms with Crippen LogP contribution in [0.2, 0.25) is 0 Å². The molecule has 21 heavy (non-hydrogen) atoms. The van der Waals surface area contributed by atoms with Gasteiger partial charge in [-0.15, -0.1) is 11.6 Å². The predicted molar refractivity (Wildman–Crippen MR) is 85.3 cm³/mol. The van der Waals surface area contributed by atoms with Crippen LogP contribution >= 0.6 is 11.6 Å². The molecule has 110 valence electrons. The van der Waals surface area contributed by atoms with Gasteiger partial charge in [0.05, 0.1) is 28.0 Å². The lowest BCUT2D eigenvalue weighted by Gasteiger charge is -2.42. The average Bonchev–Trinajstić information content (AvgIpc) is 2.80. The van der Waals surface area contributed by atoms with E-state index >= 15 is 0 Å². The molecule has 1 fully saturated rings. The number of fused-ring (bicyclic) bond motifs is 1. The first kappa shape index (κ1) is 14.4. The van der Waals surface area contributed by atoms with Gasteiger partial charge in [0.15, 0.2) is 0 Å². The quantitative estimate of drug-likeness (QED) is 0.762. The zero-order valence-electron chi connectivity index (χ0n) is 12.6. The summed E-state index contributed by atoms with van der Waals surface area (Å²) < 4.78 is 2.25. The van der Waals surface area contributed by atoms with E-state index in [2.05, 4.69) is 22.5 Å². The van der Waals surface area contributed by atoms with E-state index in [1.165, 1.54) is 25.7 Å². The van der Waals surface area contributed by atoms with Crippen molar-refractivity contribution in [1.29, 1.82) is 5.26 Å². The van der Waals surface area contributed by atoms with Crippen molar-refractivity contribution in [1.82, 2.24) is 9.55 Å². The van der Waals surface area contributed by atoms with E-state index in [0.717, 1.165) is 23.4 Å². The van der Waals surface area contributed by atoms with Gasteiger partial charge >= 0.3 is 0 Å². The largest absolute Gasteiger partial charge is 0.326 e. The zero-order chi connectivity index (χ0) is 15.0. The molecule has 1 unspecified atom stereocenters. The van der Waals surface area contributed by atoms with Crippen molar-refractivity contribution in [3.8, 4) is 6.07 Å². The van der Waals surface area contributed by atoms with E-state index in [0.29, 0.717) is 11.0 Å². The maximum Gasteiger partial charge on any atom is 0.127 e. The van der Waals surface area contributed by atoms with Crippen LogP contribution in [-0.2, 0) is 6.54 Å². The third-order valence-electron chi connectivity index (χ3n) is 4.92. The van der Waals surface area contributed by atoms with Crippen LogP contribution in [0.15, 0.2) is 18.2 Å². The molecule has 0 saturated heterocycles.